The molecule has 2 atom stereocenters. The Kier molecular flexibility index (Phi) is 4.92. The van der Waals surface area contributed by atoms with Crippen molar-refractivity contribution in [3.05, 3.63) is 23.8 Å². The number of fused-ring (bicyclic) bond motifs is 1. The third-order valence-electron chi connectivity index (χ3n) is 5.91. The van der Waals surface area contributed by atoms with Crippen LogP contribution in [0.4, 0.5) is 8.78 Å². The van der Waals surface area contributed by atoms with Gasteiger partial charge in [-0.05, 0) is 62.6 Å². The van der Waals surface area contributed by atoms with Crippen molar-refractivity contribution >= 4 is 11.6 Å². The molecule has 0 bridgehead atoms. The summed E-state index contributed by atoms with van der Waals surface area (Å²) in [6.07, 6.45) is 5.11. The van der Waals surface area contributed by atoms with E-state index in [0.717, 1.165) is 31.4 Å². The molecule has 4 rings (SSSR count). The molecular formula is C20H21F2N3O3. The zero-order chi connectivity index (χ0) is 19.7. The minimum absolute atomic E-state index is 0.0320. The molecule has 28 heavy (non-hydrogen) atoms. The molecule has 1 aromatic rings. The first-order valence-electron chi connectivity index (χ1n) is 9.54. The average Bonchev–Trinajstić information content (AvgIpc) is 3.32. The lowest BCUT2D eigenvalue weighted by molar-refractivity contribution is -0.122. The number of rotatable bonds is 5. The van der Waals surface area contributed by atoms with Crippen LogP contribution in [0.15, 0.2) is 23.3 Å². The zero-order valence-electron chi connectivity index (χ0n) is 15.3. The van der Waals surface area contributed by atoms with Gasteiger partial charge in [-0.25, -0.2) is 5.43 Å². The van der Waals surface area contributed by atoms with Crippen molar-refractivity contribution in [2.45, 2.75) is 63.1 Å². The number of amides is 1. The molecule has 3 aliphatic rings. The zero-order valence-corrected chi connectivity index (χ0v) is 15.3. The maximum Gasteiger partial charge on any atom is 0.387 e. The summed E-state index contributed by atoms with van der Waals surface area (Å²) < 4.78 is 36.2. The Morgan fingerprint density at radius 3 is 2.79 bits per heavy atom. The topological polar surface area (TPSA) is 83.7 Å². The third kappa shape index (κ3) is 3.41. The molecule has 1 heterocycles. The SMILES string of the molecule is N#CC1(c2ccc(OC(F)F)c(OC3CCCC3)c2)CCC2=NNC(=O)C2C1. The van der Waals surface area contributed by atoms with E-state index < -0.39 is 17.9 Å². The minimum atomic E-state index is -2.96. The summed E-state index contributed by atoms with van der Waals surface area (Å²) >= 11 is 0. The van der Waals surface area contributed by atoms with Crippen LogP contribution in [0.2, 0.25) is 0 Å². The number of nitriles is 1. The van der Waals surface area contributed by atoms with Crippen LogP contribution in [0, 0.1) is 17.2 Å². The second-order valence-electron chi connectivity index (χ2n) is 7.59. The first-order chi connectivity index (χ1) is 13.5. The van der Waals surface area contributed by atoms with Crippen molar-refractivity contribution < 1.29 is 23.0 Å². The standard InChI is InChI=1S/C20H21F2N3O3/c21-19(22)28-16-6-5-12(9-17(16)27-13-3-1-2-4-13)20(11-23)8-7-15-14(10-20)18(26)25-24-15/h5-6,9,13-14,19H,1-4,7-8,10H2,(H,25,26). The van der Waals surface area contributed by atoms with Gasteiger partial charge in [0.15, 0.2) is 11.5 Å². The minimum Gasteiger partial charge on any atom is -0.487 e. The van der Waals surface area contributed by atoms with E-state index in [4.69, 9.17) is 4.74 Å². The van der Waals surface area contributed by atoms with Gasteiger partial charge in [0.2, 0.25) is 5.91 Å². The van der Waals surface area contributed by atoms with E-state index in [9.17, 15) is 18.8 Å². The first kappa shape index (κ1) is 18.7. The van der Waals surface area contributed by atoms with E-state index in [0.29, 0.717) is 24.8 Å². The van der Waals surface area contributed by atoms with Crippen molar-refractivity contribution in [1.29, 1.82) is 5.26 Å². The van der Waals surface area contributed by atoms with Gasteiger partial charge in [0.05, 0.1) is 29.2 Å². The van der Waals surface area contributed by atoms with Gasteiger partial charge in [0.25, 0.3) is 0 Å². The summed E-state index contributed by atoms with van der Waals surface area (Å²) in [6, 6.07) is 7.06. The molecule has 0 saturated heterocycles. The molecule has 8 heteroatoms. The predicted octanol–water partition coefficient (Wildman–Crippen LogP) is 3.66. The third-order valence-corrected chi connectivity index (χ3v) is 5.91. The molecular weight excluding hydrogens is 368 g/mol. The number of ether oxygens (including phenoxy) is 2. The molecule has 2 fully saturated rings. The number of carbonyl (C=O) groups excluding carboxylic acids is 1. The van der Waals surface area contributed by atoms with Crippen molar-refractivity contribution in [3.8, 4) is 17.6 Å². The van der Waals surface area contributed by atoms with Crippen LogP contribution in [-0.4, -0.2) is 24.3 Å². The quantitative estimate of drug-likeness (QED) is 0.833. The van der Waals surface area contributed by atoms with E-state index in [1.165, 1.54) is 6.07 Å². The molecule has 1 N–H and O–H groups in total. The molecule has 0 aromatic heterocycles. The number of nitrogens with zero attached hydrogens (tertiary/aromatic N) is 2. The number of hydrogen-bond donors (Lipinski definition) is 1. The lowest BCUT2D eigenvalue weighted by Crippen LogP contribution is -2.38. The maximum atomic E-state index is 12.8. The second-order valence-corrected chi connectivity index (χ2v) is 7.59. The fraction of sp³-hybridized carbons (Fsp3) is 0.550. The lowest BCUT2D eigenvalue weighted by Gasteiger charge is -2.34. The van der Waals surface area contributed by atoms with Gasteiger partial charge >= 0.3 is 6.61 Å². The Morgan fingerprint density at radius 1 is 1.29 bits per heavy atom. The van der Waals surface area contributed by atoms with Crippen LogP contribution in [0.5, 0.6) is 11.5 Å². The van der Waals surface area contributed by atoms with E-state index in [1.54, 1.807) is 12.1 Å². The first-order valence-corrected chi connectivity index (χ1v) is 9.54. The monoisotopic (exact) mass is 389 g/mol. The number of benzene rings is 1. The summed E-state index contributed by atoms with van der Waals surface area (Å²) in [4.78, 5) is 12.1. The van der Waals surface area contributed by atoms with Crippen molar-refractivity contribution in [2.24, 2.45) is 11.0 Å². The molecule has 1 amide bonds. The molecule has 2 unspecified atom stereocenters. The van der Waals surface area contributed by atoms with Crippen LogP contribution in [0.1, 0.15) is 50.5 Å². The Labute approximate surface area is 161 Å². The van der Waals surface area contributed by atoms with E-state index in [-0.39, 0.29) is 23.5 Å². The fourth-order valence-corrected chi connectivity index (χ4v) is 4.37. The van der Waals surface area contributed by atoms with Crippen molar-refractivity contribution in [1.82, 2.24) is 5.43 Å². The highest BCUT2D eigenvalue weighted by atomic mass is 19.3. The van der Waals surface area contributed by atoms with Gasteiger partial charge in [0, 0.05) is 0 Å². The van der Waals surface area contributed by atoms with Crippen LogP contribution in [-0.2, 0) is 10.2 Å². The molecule has 6 nitrogen and oxygen atoms in total. The van der Waals surface area contributed by atoms with Gasteiger partial charge in [0.1, 0.15) is 0 Å². The molecule has 1 aromatic carbocycles. The molecule has 1 aliphatic heterocycles. The summed E-state index contributed by atoms with van der Waals surface area (Å²) in [5, 5.41) is 14.0. The second kappa shape index (κ2) is 7.38. The van der Waals surface area contributed by atoms with Crippen LogP contribution >= 0.6 is 0 Å². The number of alkyl halides is 2. The van der Waals surface area contributed by atoms with E-state index >= 15 is 0 Å². The van der Waals surface area contributed by atoms with Crippen LogP contribution in [0.25, 0.3) is 0 Å². The highest BCUT2D eigenvalue weighted by Crippen LogP contribution is 2.44. The van der Waals surface area contributed by atoms with Crippen molar-refractivity contribution in [3.63, 3.8) is 0 Å². The normalized spacial score (nSPS) is 27.1. The summed E-state index contributed by atoms with van der Waals surface area (Å²) in [5.74, 6) is -0.427. The molecule has 0 spiro atoms. The Bertz CT molecular complexity index is 846. The number of hydrogen-bond acceptors (Lipinski definition) is 5. The summed E-state index contributed by atoms with van der Waals surface area (Å²) in [7, 11) is 0. The van der Waals surface area contributed by atoms with Gasteiger partial charge in [-0.3, -0.25) is 4.79 Å². The molecule has 2 aliphatic carbocycles. The predicted molar refractivity (Wildman–Crippen MR) is 96.2 cm³/mol. The summed E-state index contributed by atoms with van der Waals surface area (Å²) in [6.45, 7) is -2.96. The van der Waals surface area contributed by atoms with Gasteiger partial charge in [-0.1, -0.05) is 6.07 Å². The molecule has 2 saturated carbocycles. The smallest absolute Gasteiger partial charge is 0.387 e. The molecule has 0 radical (unpaired) electrons. The number of halogens is 2. The van der Waals surface area contributed by atoms with Crippen molar-refractivity contribution in [2.75, 3.05) is 0 Å². The van der Waals surface area contributed by atoms with Crippen LogP contribution < -0.4 is 14.9 Å². The van der Waals surface area contributed by atoms with Gasteiger partial charge in [-0.2, -0.15) is 19.1 Å². The van der Waals surface area contributed by atoms with E-state index in [2.05, 4.69) is 21.3 Å². The maximum absolute atomic E-state index is 12.8. The Morgan fingerprint density at radius 2 is 2.07 bits per heavy atom. The largest absolute Gasteiger partial charge is 0.487 e. The fourth-order valence-electron chi connectivity index (χ4n) is 4.37. The Hall–Kier alpha value is -2.69. The Balaban J connectivity index is 1.66. The molecule has 148 valence electrons. The highest BCUT2D eigenvalue weighted by Gasteiger charge is 2.46. The number of nitrogens with one attached hydrogen (secondary N) is 1. The highest BCUT2D eigenvalue weighted by molar-refractivity contribution is 6.08. The van der Waals surface area contributed by atoms with Gasteiger partial charge < -0.3 is 9.47 Å². The number of hydrazone groups is 1. The number of carbonyl (C=O) groups is 1. The van der Waals surface area contributed by atoms with E-state index in [1.807, 2.05) is 0 Å². The van der Waals surface area contributed by atoms with Gasteiger partial charge in [-0.15, -0.1) is 0 Å². The summed E-state index contributed by atoms with van der Waals surface area (Å²) in [5.41, 5.74) is 3.01. The lowest BCUT2D eigenvalue weighted by atomic mass is 9.66. The average molecular weight is 389 g/mol. The van der Waals surface area contributed by atoms with Crippen LogP contribution in [0.3, 0.4) is 0 Å².